The molecule has 5 rings (SSSR count). The molecule has 2 N–H and O–H groups in total. The third-order valence-corrected chi connectivity index (χ3v) is 8.44. The minimum atomic E-state index is -0.794. The van der Waals surface area contributed by atoms with Gasteiger partial charge in [0.1, 0.15) is 11.9 Å². The van der Waals surface area contributed by atoms with Gasteiger partial charge in [0, 0.05) is 38.6 Å². The smallest absolute Gasteiger partial charge is 0.264 e. The molecule has 2 amide bonds. The quantitative estimate of drug-likeness (QED) is 0.643. The van der Waals surface area contributed by atoms with E-state index in [4.69, 9.17) is 0 Å². The Hall–Kier alpha value is -2.80. The number of hydrogen-bond donors (Lipinski definition) is 2. The SMILES string of the molecule is CN1CCN(C(=O)c2cc(-c3ccc(C[C@@H](C#N)NC(=O)[C@H]4N[C@@H]5CC[C@H]4C5)c(F)c3)cs2)CC1. The number of rotatable bonds is 6. The maximum absolute atomic E-state index is 15.0. The van der Waals surface area contributed by atoms with Gasteiger partial charge in [-0.1, -0.05) is 12.1 Å². The molecular weight excluding hydrogens is 465 g/mol. The third kappa shape index (κ3) is 5.10. The molecule has 9 heteroatoms. The lowest BCUT2D eigenvalue weighted by molar-refractivity contribution is -0.124. The standard InChI is InChI=1S/C26H30FN5O2S/c1-31-6-8-32(9-7-31)26(34)23-13-19(15-35-23)16-2-3-17(22(27)12-16)10-21(14-28)30-25(33)24-18-4-5-20(11-18)29-24/h2-3,12-13,15,18,20-21,24,29H,4-11H2,1H3,(H,30,33)/t18-,20+,21-,24-/m0/s1. The van der Waals surface area contributed by atoms with Gasteiger partial charge in [-0.15, -0.1) is 11.3 Å². The van der Waals surface area contributed by atoms with Gasteiger partial charge in [0.2, 0.25) is 5.91 Å². The molecule has 35 heavy (non-hydrogen) atoms. The van der Waals surface area contributed by atoms with Crippen LogP contribution in [0.15, 0.2) is 29.6 Å². The molecule has 184 valence electrons. The fourth-order valence-electron chi connectivity index (χ4n) is 5.42. The second kappa shape index (κ2) is 10.1. The highest BCUT2D eigenvalue weighted by Crippen LogP contribution is 2.35. The molecule has 1 aromatic carbocycles. The molecule has 2 bridgehead atoms. The highest BCUT2D eigenvalue weighted by molar-refractivity contribution is 7.12. The number of likely N-dealkylation sites (N-methyl/N-ethyl adjacent to an activating group) is 1. The van der Waals surface area contributed by atoms with Crippen molar-refractivity contribution >= 4 is 23.2 Å². The lowest BCUT2D eigenvalue weighted by Crippen LogP contribution is -2.50. The Morgan fingerprint density at radius 2 is 2.03 bits per heavy atom. The summed E-state index contributed by atoms with van der Waals surface area (Å²) in [4.78, 5) is 30.2. The number of hydrogen-bond acceptors (Lipinski definition) is 6. The van der Waals surface area contributed by atoms with E-state index in [9.17, 15) is 19.2 Å². The van der Waals surface area contributed by atoms with Crippen molar-refractivity contribution in [1.82, 2.24) is 20.4 Å². The van der Waals surface area contributed by atoms with Crippen LogP contribution in [0.3, 0.4) is 0 Å². The van der Waals surface area contributed by atoms with Crippen LogP contribution in [0.5, 0.6) is 0 Å². The van der Waals surface area contributed by atoms with Crippen LogP contribution in [0.25, 0.3) is 11.1 Å². The fraction of sp³-hybridized carbons (Fsp3) is 0.500. The van der Waals surface area contributed by atoms with E-state index in [-0.39, 0.29) is 24.3 Å². The van der Waals surface area contributed by atoms with Gasteiger partial charge < -0.3 is 20.4 Å². The number of piperazine rings is 1. The number of nitrogens with zero attached hydrogens (tertiary/aromatic N) is 3. The van der Waals surface area contributed by atoms with E-state index in [0.29, 0.717) is 41.1 Å². The van der Waals surface area contributed by atoms with Crippen LogP contribution in [0.1, 0.15) is 34.5 Å². The second-order valence-electron chi connectivity index (χ2n) is 9.91. The van der Waals surface area contributed by atoms with Crippen LogP contribution >= 0.6 is 11.3 Å². The molecule has 0 spiro atoms. The summed E-state index contributed by atoms with van der Waals surface area (Å²) in [5, 5.41) is 17.6. The number of carbonyl (C=O) groups is 2. The summed E-state index contributed by atoms with van der Waals surface area (Å²) in [6, 6.07) is 8.18. The highest BCUT2D eigenvalue weighted by atomic mass is 32.1. The predicted molar refractivity (Wildman–Crippen MR) is 132 cm³/mol. The lowest BCUT2D eigenvalue weighted by atomic mass is 9.98. The minimum absolute atomic E-state index is 0.0176. The number of piperidine rings is 1. The average molecular weight is 496 g/mol. The summed E-state index contributed by atoms with van der Waals surface area (Å²) in [6.07, 6.45) is 3.25. The number of carbonyl (C=O) groups excluding carboxylic acids is 2. The van der Waals surface area contributed by atoms with Crippen LogP contribution < -0.4 is 10.6 Å². The molecule has 7 nitrogen and oxygen atoms in total. The zero-order chi connectivity index (χ0) is 24.5. The van der Waals surface area contributed by atoms with Gasteiger partial charge >= 0.3 is 0 Å². The second-order valence-corrected chi connectivity index (χ2v) is 10.8. The molecule has 4 atom stereocenters. The van der Waals surface area contributed by atoms with Crippen LogP contribution in [0.2, 0.25) is 0 Å². The molecule has 3 fully saturated rings. The Morgan fingerprint density at radius 3 is 2.69 bits per heavy atom. The summed E-state index contributed by atoms with van der Waals surface area (Å²) in [7, 11) is 2.05. The molecule has 3 heterocycles. The summed E-state index contributed by atoms with van der Waals surface area (Å²) in [6.45, 7) is 3.14. The normalized spacial score (nSPS) is 24.8. The largest absolute Gasteiger partial charge is 0.339 e. The van der Waals surface area contributed by atoms with Crippen LogP contribution in [-0.2, 0) is 11.2 Å². The van der Waals surface area contributed by atoms with Crippen LogP contribution in [0.4, 0.5) is 4.39 Å². The number of thiophene rings is 1. The first-order chi connectivity index (χ1) is 16.9. The van der Waals surface area contributed by atoms with Crippen molar-refractivity contribution in [1.29, 1.82) is 5.26 Å². The van der Waals surface area contributed by atoms with Gasteiger partial charge in [-0.05, 0) is 66.4 Å². The minimum Gasteiger partial charge on any atom is -0.339 e. The van der Waals surface area contributed by atoms with Crippen molar-refractivity contribution < 1.29 is 14.0 Å². The lowest BCUT2D eigenvalue weighted by Gasteiger charge is -2.32. The van der Waals surface area contributed by atoms with E-state index in [2.05, 4.69) is 21.6 Å². The van der Waals surface area contributed by atoms with Gasteiger partial charge in [0.15, 0.2) is 0 Å². The summed E-state index contributed by atoms with van der Waals surface area (Å²) >= 11 is 1.37. The molecule has 1 saturated carbocycles. The molecule has 2 saturated heterocycles. The number of benzene rings is 1. The average Bonchev–Trinajstić information content (AvgIpc) is 3.62. The zero-order valence-corrected chi connectivity index (χ0v) is 20.6. The molecule has 3 aliphatic rings. The number of nitriles is 1. The van der Waals surface area contributed by atoms with Crippen LogP contribution in [-0.4, -0.2) is 73.0 Å². The highest BCUT2D eigenvalue weighted by Gasteiger charge is 2.43. The van der Waals surface area contributed by atoms with E-state index >= 15 is 0 Å². The summed E-state index contributed by atoms with van der Waals surface area (Å²) in [5.74, 6) is -0.247. The number of fused-ring (bicyclic) bond motifs is 2. The van der Waals surface area contributed by atoms with Gasteiger partial charge in [0.25, 0.3) is 5.91 Å². The molecule has 2 aliphatic heterocycles. The van der Waals surface area contributed by atoms with Crippen molar-refractivity contribution in [2.45, 2.75) is 43.8 Å². The van der Waals surface area contributed by atoms with Gasteiger partial charge in [0.05, 0.1) is 17.0 Å². The monoisotopic (exact) mass is 495 g/mol. The number of nitrogens with one attached hydrogen (secondary N) is 2. The van der Waals surface area contributed by atoms with Crippen LogP contribution in [0, 0.1) is 23.1 Å². The number of halogens is 1. The van der Waals surface area contributed by atoms with Crippen molar-refractivity contribution in [3.8, 4) is 17.2 Å². The molecule has 2 aromatic rings. The van der Waals surface area contributed by atoms with Gasteiger partial charge in [-0.3, -0.25) is 9.59 Å². The Morgan fingerprint density at radius 1 is 1.23 bits per heavy atom. The first kappa shape index (κ1) is 23.9. The molecular formula is C26H30FN5O2S. The summed E-state index contributed by atoms with van der Waals surface area (Å²) < 4.78 is 15.0. The van der Waals surface area contributed by atoms with Crippen molar-refractivity contribution in [2.24, 2.45) is 5.92 Å². The maximum Gasteiger partial charge on any atom is 0.264 e. The first-order valence-electron chi connectivity index (χ1n) is 12.2. The van der Waals surface area contributed by atoms with Gasteiger partial charge in [-0.25, -0.2) is 4.39 Å². The Bertz CT molecular complexity index is 1150. The Labute approximate surface area is 208 Å². The third-order valence-electron chi connectivity index (χ3n) is 7.53. The molecule has 0 radical (unpaired) electrons. The fourth-order valence-corrected chi connectivity index (χ4v) is 6.30. The van der Waals surface area contributed by atoms with E-state index in [0.717, 1.165) is 37.9 Å². The maximum atomic E-state index is 15.0. The Balaban J connectivity index is 1.22. The van der Waals surface area contributed by atoms with Crippen molar-refractivity contribution in [3.05, 3.63) is 45.9 Å². The van der Waals surface area contributed by atoms with Crippen molar-refractivity contribution in [3.63, 3.8) is 0 Å². The molecule has 1 aliphatic carbocycles. The van der Waals surface area contributed by atoms with E-state index in [1.165, 1.54) is 17.4 Å². The predicted octanol–water partition coefficient (Wildman–Crippen LogP) is 2.63. The van der Waals surface area contributed by atoms with Gasteiger partial charge in [-0.2, -0.15) is 5.26 Å². The molecule has 0 unspecified atom stereocenters. The van der Waals surface area contributed by atoms with Crippen molar-refractivity contribution in [2.75, 3.05) is 33.2 Å². The van der Waals surface area contributed by atoms with E-state index in [1.807, 2.05) is 23.4 Å². The zero-order valence-electron chi connectivity index (χ0n) is 19.8. The van der Waals surface area contributed by atoms with E-state index < -0.39 is 11.9 Å². The Kier molecular flexibility index (Phi) is 6.87. The topological polar surface area (TPSA) is 88.5 Å². The van der Waals surface area contributed by atoms with E-state index in [1.54, 1.807) is 12.1 Å². The molecule has 1 aromatic heterocycles. The summed E-state index contributed by atoms with van der Waals surface area (Å²) in [5.41, 5.74) is 1.86. The number of amides is 2. The first-order valence-corrected chi connectivity index (χ1v) is 13.1.